The van der Waals surface area contributed by atoms with E-state index in [4.69, 9.17) is 0 Å². The third kappa shape index (κ3) is 4.81. The largest absolute Gasteiger partial charge is 0.290 e. The Labute approximate surface area is 186 Å². The standard InChI is InChI=1S/C18H10N4O8S2/c23-19(24)11-5-1-3-7-15(11)31-17-10-18(14(22(29)30)9-13(17)21(27)28)32-16-8-4-2-6-12(16)20(25)26/h1-10H. The van der Waals surface area contributed by atoms with E-state index in [-0.39, 0.29) is 31.0 Å². The van der Waals surface area contributed by atoms with Crippen LogP contribution < -0.4 is 0 Å². The van der Waals surface area contributed by atoms with E-state index in [0.717, 1.165) is 12.1 Å². The molecule has 14 heteroatoms. The lowest BCUT2D eigenvalue weighted by Crippen LogP contribution is -1.98. The fourth-order valence-electron chi connectivity index (χ4n) is 2.61. The van der Waals surface area contributed by atoms with Crippen LogP contribution in [0.2, 0.25) is 0 Å². The molecule has 0 N–H and O–H groups in total. The second kappa shape index (κ2) is 9.40. The van der Waals surface area contributed by atoms with E-state index >= 15 is 0 Å². The van der Waals surface area contributed by atoms with E-state index in [2.05, 4.69) is 0 Å². The molecule has 0 radical (unpaired) electrons. The minimum Gasteiger partial charge on any atom is -0.258 e. The minimum atomic E-state index is -0.830. The third-order valence-corrected chi connectivity index (χ3v) is 6.22. The molecule has 162 valence electrons. The fraction of sp³-hybridized carbons (Fsp3) is 0. The molecular formula is C18H10N4O8S2. The number of nitrogens with zero attached hydrogens (tertiary/aromatic N) is 4. The van der Waals surface area contributed by atoms with E-state index in [1.165, 1.54) is 48.5 Å². The van der Waals surface area contributed by atoms with Gasteiger partial charge in [0, 0.05) is 12.1 Å². The second-order valence-corrected chi connectivity index (χ2v) is 8.12. The number of nitro benzene ring substituents is 4. The van der Waals surface area contributed by atoms with Gasteiger partial charge in [-0.2, -0.15) is 0 Å². The topological polar surface area (TPSA) is 173 Å². The van der Waals surface area contributed by atoms with Crippen LogP contribution in [0, 0.1) is 40.5 Å². The molecule has 0 aliphatic rings. The van der Waals surface area contributed by atoms with E-state index < -0.39 is 31.1 Å². The molecule has 32 heavy (non-hydrogen) atoms. The van der Waals surface area contributed by atoms with Gasteiger partial charge in [0.25, 0.3) is 22.7 Å². The number of benzene rings is 3. The van der Waals surface area contributed by atoms with E-state index in [1.807, 2.05) is 0 Å². The first kappa shape index (κ1) is 22.6. The summed E-state index contributed by atoms with van der Waals surface area (Å²) in [7, 11) is 0. The van der Waals surface area contributed by atoms with Crippen molar-refractivity contribution >= 4 is 46.3 Å². The lowest BCUT2D eigenvalue weighted by Gasteiger charge is -2.08. The van der Waals surface area contributed by atoms with Crippen molar-refractivity contribution in [3.05, 3.63) is 101 Å². The Kier molecular flexibility index (Phi) is 6.65. The number of rotatable bonds is 8. The van der Waals surface area contributed by atoms with Crippen LogP contribution in [0.5, 0.6) is 0 Å². The van der Waals surface area contributed by atoms with Gasteiger partial charge < -0.3 is 0 Å². The lowest BCUT2D eigenvalue weighted by molar-refractivity contribution is -0.397. The van der Waals surface area contributed by atoms with Crippen molar-refractivity contribution in [2.24, 2.45) is 0 Å². The van der Waals surface area contributed by atoms with Crippen LogP contribution >= 0.6 is 23.5 Å². The average Bonchev–Trinajstić information content (AvgIpc) is 2.74. The Morgan fingerprint density at radius 3 is 1.16 bits per heavy atom. The molecule has 0 amide bonds. The molecule has 0 atom stereocenters. The molecule has 0 aromatic heterocycles. The Morgan fingerprint density at radius 2 is 0.812 bits per heavy atom. The summed E-state index contributed by atoms with van der Waals surface area (Å²) >= 11 is 1.40. The molecule has 0 saturated heterocycles. The smallest absolute Gasteiger partial charge is 0.258 e. The zero-order valence-electron chi connectivity index (χ0n) is 15.6. The van der Waals surface area contributed by atoms with Crippen LogP contribution in [0.1, 0.15) is 0 Å². The van der Waals surface area contributed by atoms with Crippen molar-refractivity contribution in [3.8, 4) is 0 Å². The number of hydrogen-bond donors (Lipinski definition) is 0. The predicted octanol–water partition coefficient (Wildman–Crippen LogP) is 5.62. The molecule has 3 rings (SSSR count). The van der Waals surface area contributed by atoms with Crippen molar-refractivity contribution < 1.29 is 19.7 Å². The summed E-state index contributed by atoms with van der Waals surface area (Å²) in [5.74, 6) is 0. The van der Waals surface area contributed by atoms with Gasteiger partial charge in [-0.1, -0.05) is 47.8 Å². The van der Waals surface area contributed by atoms with Crippen molar-refractivity contribution in [2.75, 3.05) is 0 Å². The average molecular weight is 474 g/mol. The molecule has 0 spiro atoms. The summed E-state index contributed by atoms with van der Waals surface area (Å²) in [6, 6.07) is 13.0. The molecule has 3 aromatic rings. The molecular weight excluding hydrogens is 464 g/mol. The predicted molar refractivity (Wildman–Crippen MR) is 114 cm³/mol. The first-order chi connectivity index (χ1) is 15.2. The van der Waals surface area contributed by atoms with Crippen LogP contribution in [0.4, 0.5) is 22.7 Å². The summed E-state index contributed by atoms with van der Waals surface area (Å²) in [6.45, 7) is 0. The van der Waals surface area contributed by atoms with Gasteiger partial charge in [0.2, 0.25) is 0 Å². The van der Waals surface area contributed by atoms with E-state index in [9.17, 15) is 40.5 Å². The highest BCUT2D eigenvalue weighted by molar-refractivity contribution is 8.00. The number of hydrogen-bond acceptors (Lipinski definition) is 10. The monoisotopic (exact) mass is 474 g/mol. The van der Waals surface area contributed by atoms with Crippen molar-refractivity contribution in [2.45, 2.75) is 19.6 Å². The van der Waals surface area contributed by atoms with Gasteiger partial charge >= 0.3 is 0 Å². The molecule has 0 bridgehead atoms. The molecule has 0 saturated carbocycles. The van der Waals surface area contributed by atoms with Crippen LogP contribution in [0.15, 0.2) is 80.2 Å². The highest BCUT2D eigenvalue weighted by atomic mass is 32.2. The van der Waals surface area contributed by atoms with Gasteiger partial charge in [0.05, 0.1) is 45.3 Å². The summed E-state index contributed by atoms with van der Waals surface area (Å²) in [5, 5.41) is 45.7. The van der Waals surface area contributed by atoms with E-state index in [1.54, 1.807) is 0 Å². The van der Waals surface area contributed by atoms with Crippen LogP contribution in [0.3, 0.4) is 0 Å². The summed E-state index contributed by atoms with van der Waals surface area (Å²) in [5.41, 5.74) is -1.82. The molecule has 0 heterocycles. The zero-order valence-corrected chi connectivity index (χ0v) is 17.3. The maximum absolute atomic E-state index is 11.6. The van der Waals surface area contributed by atoms with Crippen LogP contribution in [0.25, 0.3) is 0 Å². The van der Waals surface area contributed by atoms with Gasteiger partial charge in [-0.15, -0.1) is 0 Å². The van der Waals surface area contributed by atoms with Gasteiger partial charge in [0.15, 0.2) is 0 Å². The SMILES string of the molecule is O=[N+]([O-])c1ccccc1Sc1cc(Sc2ccccc2[N+](=O)[O-])c([N+](=O)[O-])cc1[N+](=O)[O-]. The van der Waals surface area contributed by atoms with E-state index in [0.29, 0.717) is 23.5 Å². The summed E-state index contributed by atoms with van der Waals surface area (Å²) in [6.07, 6.45) is 0. The van der Waals surface area contributed by atoms with Crippen molar-refractivity contribution in [3.63, 3.8) is 0 Å². The first-order valence-corrected chi connectivity index (χ1v) is 10.1. The number of para-hydroxylation sites is 2. The van der Waals surface area contributed by atoms with Crippen molar-refractivity contribution in [1.82, 2.24) is 0 Å². The van der Waals surface area contributed by atoms with Crippen LogP contribution in [-0.4, -0.2) is 19.7 Å². The molecule has 12 nitrogen and oxygen atoms in total. The molecule has 0 unspecified atom stereocenters. The summed E-state index contributed by atoms with van der Waals surface area (Å²) in [4.78, 5) is 42.7. The molecule has 0 aliphatic heterocycles. The lowest BCUT2D eigenvalue weighted by atomic mass is 10.3. The number of nitro groups is 4. The zero-order chi connectivity index (χ0) is 23.4. The molecule has 0 fully saturated rings. The molecule has 0 aliphatic carbocycles. The van der Waals surface area contributed by atoms with Gasteiger partial charge in [-0.25, -0.2) is 0 Å². The highest BCUT2D eigenvalue weighted by Crippen LogP contribution is 2.46. The first-order valence-electron chi connectivity index (χ1n) is 8.48. The maximum Gasteiger partial charge on any atom is 0.290 e. The Bertz CT molecular complexity index is 1170. The third-order valence-electron chi connectivity index (χ3n) is 4.00. The Morgan fingerprint density at radius 1 is 0.469 bits per heavy atom. The van der Waals surface area contributed by atoms with Crippen molar-refractivity contribution in [1.29, 1.82) is 0 Å². The van der Waals surface area contributed by atoms with Gasteiger partial charge in [-0.3, -0.25) is 40.5 Å². The van der Waals surface area contributed by atoms with Crippen LogP contribution in [-0.2, 0) is 0 Å². The highest BCUT2D eigenvalue weighted by Gasteiger charge is 2.28. The summed E-state index contributed by atoms with van der Waals surface area (Å²) < 4.78 is 0. The fourth-order valence-corrected chi connectivity index (χ4v) is 4.78. The van der Waals surface area contributed by atoms with Gasteiger partial charge in [0.1, 0.15) is 0 Å². The Balaban J connectivity index is 2.17. The second-order valence-electron chi connectivity index (χ2n) is 5.96. The minimum absolute atomic E-state index is 0.0871. The maximum atomic E-state index is 11.6. The Hall–Kier alpha value is -4.04. The van der Waals surface area contributed by atoms with Gasteiger partial charge in [-0.05, 0) is 18.2 Å². The molecule has 3 aromatic carbocycles. The normalized spacial score (nSPS) is 10.5. The quantitative estimate of drug-likeness (QED) is 0.294.